The second-order valence-corrected chi connectivity index (χ2v) is 4.57. The number of hydrazone groups is 1. The molecule has 1 aromatic carbocycles. The van der Waals surface area contributed by atoms with Crippen LogP contribution in [0.15, 0.2) is 34.7 Å². The summed E-state index contributed by atoms with van der Waals surface area (Å²) in [7, 11) is 0. The van der Waals surface area contributed by atoms with Gasteiger partial charge in [-0.15, -0.1) is 11.3 Å². The van der Waals surface area contributed by atoms with Gasteiger partial charge in [0, 0.05) is 23.6 Å². The second kappa shape index (κ2) is 5.96. The lowest BCUT2D eigenvalue weighted by Gasteiger charge is -2.05. The lowest BCUT2D eigenvalue weighted by molar-refractivity contribution is -0.114. The van der Waals surface area contributed by atoms with Crippen LogP contribution in [0.3, 0.4) is 0 Å². The smallest absolute Gasteiger partial charge is 0.221 e. The number of nitrogens with one attached hydrogen (secondary N) is 2. The summed E-state index contributed by atoms with van der Waals surface area (Å²) in [4.78, 5) is 15.1. The van der Waals surface area contributed by atoms with Gasteiger partial charge in [0.1, 0.15) is 5.82 Å². The van der Waals surface area contributed by atoms with Crippen molar-refractivity contribution in [3.63, 3.8) is 0 Å². The maximum atomic E-state index is 11.1. The van der Waals surface area contributed by atoms with Crippen molar-refractivity contribution in [2.45, 2.75) is 6.92 Å². The summed E-state index contributed by atoms with van der Waals surface area (Å²) in [5, 5.41) is 9.14. The van der Waals surface area contributed by atoms with Crippen molar-refractivity contribution >= 4 is 40.1 Å². The fraction of sp³-hybridized carbons (Fsp3) is 0.0833. The summed E-state index contributed by atoms with van der Waals surface area (Å²) < 4.78 is 0. The number of carbonyl (C=O) groups excluding carboxylic acids is 1. The van der Waals surface area contributed by atoms with E-state index in [1.165, 1.54) is 18.3 Å². The van der Waals surface area contributed by atoms with Gasteiger partial charge in [0.25, 0.3) is 0 Å². The Morgan fingerprint density at radius 3 is 2.95 bits per heavy atom. The monoisotopic (exact) mass is 275 g/mol. The Morgan fingerprint density at radius 1 is 1.47 bits per heavy atom. The molecule has 1 aromatic heterocycles. The minimum absolute atomic E-state index is 0.124. The predicted octanol–water partition coefficient (Wildman–Crippen LogP) is 2.13. The number of anilines is 3. The van der Waals surface area contributed by atoms with Crippen LogP contribution in [0.25, 0.3) is 0 Å². The molecular weight excluding hydrogens is 262 g/mol. The number of thiazole rings is 1. The van der Waals surface area contributed by atoms with E-state index in [9.17, 15) is 4.79 Å². The third-order valence-electron chi connectivity index (χ3n) is 2.16. The lowest BCUT2D eigenvalue weighted by atomic mass is 10.2. The van der Waals surface area contributed by atoms with Crippen molar-refractivity contribution in [2.24, 2.45) is 5.10 Å². The summed E-state index contributed by atoms with van der Waals surface area (Å²) in [6.07, 6.45) is 1.61. The first-order valence-corrected chi connectivity index (χ1v) is 6.40. The Labute approximate surface area is 114 Å². The van der Waals surface area contributed by atoms with Gasteiger partial charge in [-0.3, -0.25) is 10.2 Å². The van der Waals surface area contributed by atoms with E-state index in [1.807, 2.05) is 24.3 Å². The van der Waals surface area contributed by atoms with Gasteiger partial charge >= 0.3 is 0 Å². The zero-order chi connectivity index (χ0) is 13.7. The van der Waals surface area contributed by atoms with Crippen molar-refractivity contribution in [3.05, 3.63) is 35.2 Å². The van der Waals surface area contributed by atoms with Gasteiger partial charge in [-0.1, -0.05) is 18.2 Å². The third kappa shape index (κ3) is 3.78. The molecule has 0 fully saturated rings. The van der Waals surface area contributed by atoms with E-state index in [2.05, 4.69) is 20.8 Å². The second-order valence-electron chi connectivity index (χ2n) is 3.72. The molecule has 1 heterocycles. The van der Waals surface area contributed by atoms with Crippen LogP contribution in [0.5, 0.6) is 0 Å². The molecule has 6 nitrogen and oxygen atoms in total. The SMILES string of the molecule is CC(=O)Nc1ccccc1C=NNc1nc(N)cs1. The van der Waals surface area contributed by atoms with E-state index >= 15 is 0 Å². The zero-order valence-corrected chi connectivity index (χ0v) is 11.1. The molecule has 0 atom stereocenters. The summed E-state index contributed by atoms with van der Waals surface area (Å²) in [5.41, 5.74) is 9.79. The molecule has 7 heteroatoms. The minimum Gasteiger partial charge on any atom is -0.383 e. The van der Waals surface area contributed by atoms with Gasteiger partial charge in [-0.2, -0.15) is 5.10 Å². The summed E-state index contributed by atoms with van der Waals surface area (Å²) >= 11 is 1.37. The van der Waals surface area contributed by atoms with Gasteiger partial charge in [-0.25, -0.2) is 4.98 Å². The van der Waals surface area contributed by atoms with Crippen LogP contribution in [0.1, 0.15) is 12.5 Å². The van der Waals surface area contributed by atoms with E-state index in [1.54, 1.807) is 11.6 Å². The molecule has 1 amide bonds. The molecule has 0 saturated carbocycles. The van der Waals surface area contributed by atoms with Crippen LogP contribution in [0.4, 0.5) is 16.6 Å². The third-order valence-corrected chi connectivity index (χ3v) is 2.92. The standard InChI is InChI=1S/C12H13N5OS/c1-8(18)15-10-5-3-2-4-9(10)6-14-17-12-16-11(13)7-19-12/h2-7H,13H2,1H3,(H,15,18)(H,16,17). The van der Waals surface area contributed by atoms with Crippen LogP contribution >= 0.6 is 11.3 Å². The molecule has 19 heavy (non-hydrogen) atoms. The lowest BCUT2D eigenvalue weighted by Crippen LogP contribution is -2.08. The molecule has 4 N–H and O–H groups in total. The van der Waals surface area contributed by atoms with Crippen LogP contribution in [0, 0.1) is 0 Å². The number of carbonyl (C=O) groups is 1. The van der Waals surface area contributed by atoms with Gasteiger partial charge in [0.15, 0.2) is 0 Å². The van der Waals surface area contributed by atoms with Crippen molar-refractivity contribution in [1.29, 1.82) is 0 Å². The van der Waals surface area contributed by atoms with E-state index in [4.69, 9.17) is 5.73 Å². The summed E-state index contributed by atoms with van der Waals surface area (Å²) in [6, 6.07) is 7.38. The highest BCUT2D eigenvalue weighted by Gasteiger charge is 2.01. The van der Waals surface area contributed by atoms with E-state index < -0.39 is 0 Å². The Hall–Kier alpha value is -2.41. The Bertz CT molecular complexity index is 608. The molecule has 0 spiro atoms. The Kier molecular flexibility index (Phi) is 4.09. The first-order chi connectivity index (χ1) is 9.15. The molecular formula is C12H13N5OS. The highest BCUT2D eigenvalue weighted by atomic mass is 32.1. The average Bonchev–Trinajstić information content (AvgIpc) is 2.77. The van der Waals surface area contributed by atoms with Crippen molar-refractivity contribution in [3.8, 4) is 0 Å². The molecule has 0 aliphatic heterocycles. The molecule has 0 aliphatic rings. The largest absolute Gasteiger partial charge is 0.383 e. The fourth-order valence-electron chi connectivity index (χ4n) is 1.41. The maximum absolute atomic E-state index is 11.1. The van der Waals surface area contributed by atoms with Crippen LogP contribution in [-0.2, 0) is 4.79 Å². The minimum atomic E-state index is -0.124. The molecule has 98 valence electrons. The number of para-hydroxylation sites is 1. The number of benzene rings is 1. The number of rotatable bonds is 4. The van der Waals surface area contributed by atoms with Crippen LogP contribution in [-0.4, -0.2) is 17.1 Å². The number of nitrogen functional groups attached to an aromatic ring is 1. The van der Waals surface area contributed by atoms with Gasteiger partial charge in [-0.05, 0) is 6.07 Å². The van der Waals surface area contributed by atoms with Crippen molar-refractivity contribution in [1.82, 2.24) is 4.98 Å². The van der Waals surface area contributed by atoms with E-state index in [0.717, 1.165) is 5.56 Å². The molecule has 2 rings (SSSR count). The van der Waals surface area contributed by atoms with Crippen LogP contribution in [0.2, 0.25) is 0 Å². The molecule has 0 saturated heterocycles. The first kappa shape index (κ1) is 13.0. The quantitative estimate of drug-likeness (QED) is 0.588. The van der Waals surface area contributed by atoms with Gasteiger partial charge < -0.3 is 11.1 Å². The maximum Gasteiger partial charge on any atom is 0.221 e. The molecule has 0 unspecified atom stereocenters. The van der Waals surface area contributed by atoms with Gasteiger partial charge in [0.05, 0.1) is 6.21 Å². The van der Waals surface area contributed by atoms with Crippen molar-refractivity contribution < 1.29 is 4.79 Å². The molecule has 2 aromatic rings. The van der Waals surface area contributed by atoms with Crippen LogP contribution < -0.4 is 16.5 Å². The normalized spacial score (nSPS) is 10.6. The number of hydrogen-bond donors (Lipinski definition) is 3. The average molecular weight is 275 g/mol. The molecule has 0 radical (unpaired) electrons. The Morgan fingerprint density at radius 2 is 2.26 bits per heavy atom. The topological polar surface area (TPSA) is 92.4 Å². The highest BCUT2D eigenvalue weighted by Crippen LogP contribution is 2.17. The van der Waals surface area contributed by atoms with Crippen molar-refractivity contribution in [2.75, 3.05) is 16.5 Å². The number of amides is 1. The molecule has 0 aliphatic carbocycles. The highest BCUT2D eigenvalue weighted by molar-refractivity contribution is 7.14. The summed E-state index contributed by atoms with van der Waals surface area (Å²) in [6.45, 7) is 1.46. The number of nitrogens with zero attached hydrogens (tertiary/aromatic N) is 2. The molecule has 0 bridgehead atoms. The zero-order valence-electron chi connectivity index (χ0n) is 10.3. The number of aromatic nitrogens is 1. The van der Waals surface area contributed by atoms with E-state index in [-0.39, 0.29) is 5.91 Å². The van der Waals surface area contributed by atoms with Gasteiger partial charge in [0.2, 0.25) is 11.0 Å². The number of nitrogens with two attached hydrogens (primary N) is 1. The fourth-order valence-corrected chi connectivity index (χ4v) is 1.96. The Balaban J connectivity index is 2.07. The predicted molar refractivity (Wildman–Crippen MR) is 78.5 cm³/mol. The number of hydrogen-bond acceptors (Lipinski definition) is 6. The van der Waals surface area contributed by atoms with E-state index in [0.29, 0.717) is 16.6 Å². The summed E-state index contributed by atoms with van der Waals surface area (Å²) in [5.74, 6) is 0.336. The first-order valence-electron chi connectivity index (χ1n) is 5.52.